The Balaban J connectivity index is 1.87. The fourth-order valence-electron chi connectivity index (χ4n) is 1.74. The van der Waals surface area contributed by atoms with Crippen LogP contribution in [0.4, 0.5) is 0 Å². The molecule has 0 aromatic carbocycles. The Morgan fingerprint density at radius 1 is 1.54 bits per heavy atom. The first kappa shape index (κ1) is 9.34. The first-order valence-corrected chi connectivity index (χ1v) is 5.87. The van der Waals surface area contributed by atoms with E-state index in [4.69, 9.17) is 10.5 Å². The van der Waals surface area contributed by atoms with Crippen LogP contribution in [0.1, 0.15) is 26.2 Å². The number of thioether (sulfide) groups is 1. The number of rotatable bonds is 1. The Bertz CT molecular complexity index is 220. The molecule has 2 N–H and O–H groups in total. The molecule has 2 aliphatic rings. The lowest BCUT2D eigenvalue weighted by atomic mass is 10.2. The van der Waals surface area contributed by atoms with Crippen LogP contribution in [0.15, 0.2) is 4.99 Å². The van der Waals surface area contributed by atoms with Crippen molar-refractivity contribution in [3.8, 4) is 0 Å². The van der Waals surface area contributed by atoms with Crippen LogP contribution < -0.4 is 5.73 Å². The molecule has 13 heavy (non-hydrogen) atoms. The summed E-state index contributed by atoms with van der Waals surface area (Å²) in [4.78, 5) is 4.39. The van der Waals surface area contributed by atoms with Crippen molar-refractivity contribution in [3.63, 3.8) is 0 Å². The molecule has 2 rings (SSSR count). The fraction of sp³-hybridized carbons (Fsp3) is 0.889. The topological polar surface area (TPSA) is 47.6 Å². The van der Waals surface area contributed by atoms with Crippen LogP contribution in [-0.2, 0) is 4.74 Å². The van der Waals surface area contributed by atoms with Crippen LogP contribution in [0.25, 0.3) is 0 Å². The smallest absolute Gasteiger partial charge is 0.246 e. The third-order valence-corrected chi connectivity index (χ3v) is 3.63. The molecule has 4 heteroatoms. The van der Waals surface area contributed by atoms with Crippen LogP contribution in [0.2, 0.25) is 0 Å². The second-order valence-electron chi connectivity index (χ2n) is 3.81. The first-order valence-electron chi connectivity index (χ1n) is 4.88. The lowest BCUT2D eigenvalue weighted by molar-refractivity contribution is 0.185. The highest BCUT2D eigenvalue weighted by molar-refractivity contribution is 8.13. The molecule has 0 saturated heterocycles. The second-order valence-corrected chi connectivity index (χ2v) is 4.78. The molecule has 0 aromatic heterocycles. The predicted octanol–water partition coefficient (Wildman–Crippen LogP) is 1.37. The van der Waals surface area contributed by atoms with E-state index in [1.54, 1.807) is 11.8 Å². The summed E-state index contributed by atoms with van der Waals surface area (Å²) in [5.74, 6) is 1.05. The van der Waals surface area contributed by atoms with Crippen LogP contribution in [0, 0.1) is 0 Å². The predicted molar refractivity (Wildman–Crippen MR) is 56.1 cm³/mol. The van der Waals surface area contributed by atoms with E-state index in [0.29, 0.717) is 6.04 Å². The number of nitrogens with two attached hydrogens (primary N) is 1. The summed E-state index contributed by atoms with van der Waals surface area (Å²) in [7, 11) is 0. The summed E-state index contributed by atoms with van der Waals surface area (Å²) in [6, 6.07) is 0.636. The molecule has 1 aliphatic heterocycles. The molecular formula is C9H16N2OS. The Labute approximate surface area is 83.1 Å². The summed E-state index contributed by atoms with van der Waals surface area (Å²) in [6.45, 7) is 2.11. The second kappa shape index (κ2) is 3.88. The number of nitrogens with zero attached hydrogens (tertiary/aromatic N) is 1. The van der Waals surface area contributed by atoms with E-state index in [1.165, 1.54) is 6.42 Å². The summed E-state index contributed by atoms with van der Waals surface area (Å²) in [6.07, 6.45) is 3.60. The third kappa shape index (κ3) is 2.17. The van der Waals surface area contributed by atoms with Gasteiger partial charge in [-0.1, -0.05) is 11.8 Å². The molecule has 74 valence electrons. The van der Waals surface area contributed by atoms with Gasteiger partial charge in [-0.2, -0.15) is 0 Å². The van der Waals surface area contributed by atoms with Gasteiger partial charge in [0.1, 0.15) is 6.10 Å². The maximum atomic E-state index is 5.90. The molecule has 0 radical (unpaired) electrons. The van der Waals surface area contributed by atoms with E-state index in [-0.39, 0.29) is 12.1 Å². The van der Waals surface area contributed by atoms with Crippen molar-refractivity contribution in [3.05, 3.63) is 0 Å². The summed E-state index contributed by atoms with van der Waals surface area (Å²) in [5.41, 5.74) is 5.90. The zero-order valence-corrected chi connectivity index (χ0v) is 8.72. The minimum absolute atomic E-state index is 0.219. The SMILES string of the molecule is CC1CSC(O[C@H]2CCC[C@@H]2N)=N1. The van der Waals surface area contributed by atoms with Gasteiger partial charge in [-0.25, -0.2) is 4.99 Å². The van der Waals surface area contributed by atoms with Crippen molar-refractivity contribution in [1.29, 1.82) is 0 Å². The third-order valence-electron chi connectivity index (χ3n) is 2.53. The zero-order valence-electron chi connectivity index (χ0n) is 7.90. The zero-order chi connectivity index (χ0) is 9.26. The standard InChI is InChI=1S/C9H16N2OS/c1-6-5-13-9(11-6)12-8-4-2-3-7(8)10/h6-8H,2-5,10H2,1H3/t6?,7-,8-/m0/s1. The maximum absolute atomic E-state index is 5.90. The highest BCUT2D eigenvalue weighted by atomic mass is 32.2. The average molecular weight is 200 g/mol. The van der Waals surface area contributed by atoms with Crippen LogP contribution >= 0.6 is 11.8 Å². The molecule has 3 atom stereocenters. The van der Waals surface area contributed by atoms with Crippen molar-refractivity contribution < 1.29 is 4.74 Å². The molecule has 3 nitrogen and oxygen atoms in total. The molecule has 0 aromatic rings. The Hall–Kier alpha value is -0.220. The highest BCUT2D eigenvalue weighted by Gasteiger charge is 2.28. The van der Waals surface area contributed by atoms with Gasteiger partial charge >= 0.3 is 0 Å². The number of aliphatic imine (C=N–C) groups is 1. The first-order chi connectivity index (χ1) is 6.25. The van der Waals surface area contributed by atoms with E-state index in [2.05, 4.69) is 11.9 Å². The maximum Gasteiger partial charge on any atom is 0.246 e. The molecular weight excluding hydrogens is 184 g/mol. The van der Waals surface area contributed by atoms with Gasteiger partial charge in [0.05, 0.1) is 6.04 Å². The van der Waals surface area contributed by atoms with Gasteiger partial charge in [-0.3, -0.25) is 0 Å². The quantitative estimate of drug-likeness (QED) is 0.695. The van der Waals surface area contributed by atoms with Crippen molar-refractivity contribution >= 4 is 17.0 Å². The number of ether oxygens (including phenoxy) is 1. The average Bonchev–Trinajstić information content (AvgIpc) is 2.64. The summed E-state index contributed by atoms with van der Waals surface area (Å²) in [5, 5.41) is 0.856. The van der Waals surface area contributed by atoms with Crippen molar-refractivity contribution in [1.82, 2.24) is 0 Å². The molecule has 1 unspecified atom stereocenters. The molecule has 0 spiro atoms. The van der Waals surface area contributed by atoms with Gasteiger partial charge in [0.2, 0.25) is 5.23 Å². The van der Waals surface area contributed by atoms with Gasteiger partial charge in [0.15, 0.2) is 0 Å². The fourth-order valence-corrected chi connectivity index (χ4v) is 2.65. The molecule has 1 aliphatic carbocycles. The van der Waals surface area contributed by atoms with Crippen LogP contribution in [0.5, 0.6) is 0 Å². The van der Waals surface area contributed by atoms with E-state index < -0.39 is 0 Å². The van der Waals surface area contributed by atoms with E-state index in [0.717, 1.165) is 23.8 Å². The lowest BCUT2D eigenvalue weighted by Crippen LogP contribution is -2.32. The minimum Gasteiger partial charge on any atom is -0.468 e. The largest absolute Gasteiger partial charge is 0.468 e. The monoisotopic (exact) mass is 200 g/mol. The van der Waals surface area contributed by atoms with E-state index >= 15 is 0 Å². The van der Waals surface area contributed by atoms with Gasteiger partial charge in [0, 0.05) is 11.8 Å². The van der Waals surface area contributed by atoms with Gasteiger partial charge < -0.3 is 10.5 Å². The van der Waals surface area contributed by atoms with Gasteiger partial charge in [-0.15, -0.1) is 0 Å². The Kier molecular flexibility index (Phi) is 2.79. The summed E-state index contributed by atoms with van der Waals surface area (Å²) >= 11 is 1.71. The van der Waals surface area contributed by atoms with Crippen LogP contribution in [-0.4, -0.2) is 29.2 Å². The Morgan fingerprint density at radius 2 is 2.38 bits per heavy atom. The van der Waals surface area contributed by atoms with Gasteiger partial charge in [0.25, 0.3) is 0 Å². The van der Waals surface area contributed by atoms with Crippen molar-refractivity contribution in [2.24, 2.45) is 10.7 Å². The minimum atomic E-state index is 0.219. The van der Waals surface area contributed by atoms with E-state index in [9.17, 15) is 0 Å². The number of hydrogen-bond donors (Lipinski definition) is 1. The number of hydrogen-bond acceptors (Lipinski definition) is 4. The van der Waals surface area contributed by atoms with Crippen molar-refractivity contribution in [2.45, 2.75) is 44.4 Å². The molecule has 1 heterocycles. The normalized spacial score (nSPS) is 39.2. The lowest BCUT2D eigenvalue weighted by Gasteiger charge is -2.16. The molecule has 1 saturated carbocycles. The molecule has 1 fully saturated rings. The molecule has 0 bridgehead atoms. The molecule has 0 amide bonds. The van der Waals surface area contributed by atoms with Crippen molar-refractivity contribution in [2.75, 3.05) is 5.75 Å². The highest BCUT2D eigenvalue weighted by Crippen LogP contribution is 2.25. The van der Waals surface area contributed by atoms with E-state index in [1.807, 2.05) is 0 Å². The Morgan fingerprint density at radius 3 is 2.92 bits per heavy atom. The van der Waals surface area contributed by atoms with Gasteiger partial charge in [-0.05, 0) is 26.2 Å². The summed E-state index contributed by atoms with van der Waals surface area (Å²) < 4.78 is 5.74. The van der Waals surface area contributed by atoms with Crippen LogP contribution in [0.3, 0.4) is 0 Å².